The van der Waals surface area contributed by atoms with Crippen LogP contribution in [0.25, 0.3) is 11.1 Å². The maximum absolute atomic E-state index is 5.06. The van der Waals surface area contributed by atoms with Crippen LogP contribution in [0.2, 0.25) is 0 Å². The highest BCUT2D eigenvalue weighted by Gasteiger charge is 2.18. The molecule has 1 N–H and O–H groups in total. The SMILES string of the molecule is COCCNCC(C)c1ccc2c(c1)Cc1ccccc1-2. The minimum atomic E-state index is 0.524. The van der Waals surface area contributed by atoms with Gasteiger partial charge in [-0.05, 0) is 40.2 Å². The molecule has 2 aromatic rings. The van der Waals surface area contributed by atoms with Gasteiger partial charge in [0.05, 0.1) is 6.61 Å². The van der Waals surface area contributed by atoms with Crippen molar-refractivity contribution in [3.8, 4) is 11.1 Å². The van der Waals surface area contributed by atoms with Crippen molar-refractivity contribution in [1.82, 2.24) is 5.32 Å². The molecule has 1 aliphatic carbocycles. The van der Waals surface area contributed by atoms with Crippen molar-refractivity contribution in [3.05, 3.63) is 59.2 Å². The minimum absolute atomic E-state index is 0.524. The number of hydrogen-bond donors (Lipinski definition) is 1. The Hall–Kier alpha value is -1.64. The van der Waals surface area contributed by atoms with E-state index in [0.29, 0.717) is 5.92 Å². The first-order chi connectivity index (χ1) is 10.3. The van der Waals surface area contributed by atoms with Gasteiger partial charge in [0.25, 0.3) is 0 Å². The predicted molar refractivity (Wildman–Crippen MR) is 87.8 cm³/mol. The second-order valence-corrected chi connectivity index (χ2v) is 5.85. The number of rotatable bonds is 6. The Bertz CT molecular complexity index is 621. The number of ether oxygens (including phenoxy) is 1. The highest BCUT2D eigenvalue weighted by molar-refractivity contribution is 5.77. The van der Waals surface area contributed by atoms with Gasteiger partial charge in [-0.3, -0.25) is 0 Å². The van der Waals surface area contributed by atoms with Crippen LogP contribution in [0.4, 0.5) is 0 Å². The molecule has 0 spiro atoms. The van der Waals surface area contributed by atoms with Crippen LogP contribution in [0.5, 0.6) is 0 Å². The van der Waals surface area contributed by atoms with Crippen LogP contribution >= 0.6 is 0 Å². The molecular formula is C19H23NO. The Morgan fingerprint density at radius 1 is 1.10 bits per heavy atom. The van der Waals surface area contributed by atoms with Crippen molar-refractivity contribution in [2.45, 2.75) is 19.3 Å². The molecule has 21 heavy (non-hydrogen) atoms. The lowest BCUT2D eigenvalue weighted by molar-refractivity contribution is 0.199. The largest absolute Gasteiger partial charge is 0.383 e. The summed E-state index contributed by atoms with van der Waals surface area (Å²) in [6.07, 6.45) is 1.07. The Morgan fingerprint density at radius 3 is 2.76 bits per heavy atom. The molecule has 1 atom stereocenters. The second kappa shape index (κ2) is 6.42. The van der Waals surface area contributed by atoms with E-state index < -0.39 is 0 Å². The number of hydrogen-bond acceptors (Lipinski definition) is 2. The van der Waals surface area contributed by atoms with Gasteiger partial charge >= 0.3 is 0 Å². The molecule has 1 unspecified atom stereocenters. The van der Waals surface area contributed by atoms with Crippen LogP contribution in [0, 0.1) is 0 Å². The van der Waals surface area contributed by atoms with E-state index in [1.165, 1.54) is 27.8 Å². The fourth-order valence-electron chi connectivity index (χ4n) is 3.08. The van der Waals surface area contributed by atoms with Gasteiger partial charge in [0.1, 0.15) is 0 Å². The van der Waals surface area contributed by atoms with Crippen molar-refractivity contribution in [1.29, 1.82) is 0 Å². The van der Waals surface area contributed by atoms with Crippen LogP contribution in [0.3, 0.4) is 0 Å². The lowest BCUT2D eigenvalue weighted by Gasteiger charge is -2.14. The van der Waals surface area contributed by atoms with Gasteiger partial charge in [-0.25, -0.2) is 0 Å². The first-order valence-corrected chi connectivity index (χ1v) is 7.70. The first-order valence-electron chi connectivity index (χ1n) is 7.70. The molecule has 0 radical (unpaired) electrons. The molecule has 1 aliphatic rings. The zero-order chi connectivity index (χ0) is 14.7. The summed E-state index contributed by atoms with van der Waals surface area (Å²) in [5.41, 5.74) is 7.17. The van der Waals surface area contributed by atoms with Crippen LogP contribution in [0.1, 0.15) is 29.5 Å². The zero-order valence-electron chi connectivity index (χ0n) is 12.9. The molecule has 0 fully saturated rings. The smallest absolute Gasteiger partial charge is 0.0587 e. The third-order valence-corrected chi connectivity index (χ3v) is 4.32. The highest BCUT2D eigenvalue weighted by Crippen LogP contribution is 2.37. The van der Waals surface area contributed by atoms with Gasteiger partial charge in [0, 0.05) is 20.2 Å². The fourth-order valence-corrected chi connectivity index (χ4v) is 3.08. The molecule has 0 bridgehead atoms. The summed E-state index contributed by atoms with van der Waals surface area (Å²) in [6.45, 7) is 4.96. The monoisotopic (exact) mass is 281 g/mol. The molecule has 2 aromatic carbocycles. The molecule has 0 amide bonds. The molecule has 0 aliphatic heterocycles. The summed E-state index contributed by atoms with van der Waals surface area (Å²) >= 11 is 0. The van der Waals surface area contributed by atoms with Crippen molar-refractivity contribution >= 4 is 0 Å². The topological polar surface area (TPSA) is 21.3 Å². The minimum Gasteiger partial charge on any atom is -0.383 e. The van der Waals surface area contributed by atoms with Crippen molar-refractivity contribution in [2.75, 3.05) is 26.8 Å². The maximum Gasteiger partial charge on any atom is 0.0587 e. The molecule has 0 saturated carbocycles. The zero-order valence-corrected chi connectivity index (χ0v) is 12.9. The van der Waals surface area contributed by atoms with Crippen molar-refractivity contribution in [2.24, 2.45) is 0 Å². The molecule has 110 valence electrons. The second-order valence-electron chi connectivity index (χ2n) is 5.85. The maximum atomic E-state index is 5.06. The van der Waals surface area contributed by atoms with E-state index in [9.17, 15) is 0 Å². The third kappa shape index (κ3) is 3.02. The Kier molecular flexibility index (Phi) is 4.37. The van der Waals surface area contributed by atoms with Gasteiger partial charge in [0.2, 0.25) is 0 Å². The van der Waals surface area contributed by atoms with E-state index in [0.717, 1.165) is 26.1 Å². The fraction of sp³-hybridized carbons (Fsp3) is 0.368. The summed E-state index contributed by atoms with van der Waals surface area (Å²) in [5, 5.41) is 3.44. The number of nitrogens with one attached hydrogen (secondary N) is 1. The van der Waals surface area contributed by atoms with E-state index in [1.807, 2.05) is 0 Å². The van der Waals surface area contributed by atoms with Crippen LogP contribution in [-0.4, -0.2) is 26.8 Å². The average Bonchev–Trinajstić information content (AvgIpc) is 2.89. The van der Waals surface area contributed by atoms with E-state index >= 15 is 0 Å². The molecule has 3 rings (SSSR count). The van der Waals surface area contributed by atoms with Gasteiger partial charge < -0.3 is 10.1 Å². The van der Waals surface area contributed by atoms with Crippen LogP contribution < -0.4 is 5.32 Å². The van der Waals surface area contributed by atoms with Gasteiger partial charge in [-0.15, -0.1) is 0 Å². The van der Waals surface area contributed by atoms with E-state index in [2.05, 4.69) is 54.7 Å². The quantitative estimate of drug-likeness (QED) is 0.697. The average molecular weight is 281 g/mol. The van der Waals surface area contributed by atoms with E-state index in [1.54, 1.807) is 7.11 Å². The number of methoxy groups -OCH3 is 1. The Labute approximate surface area is 127 Å². The predicted octanol–water partition coefficient (Wildman–Crippen LogP) is 3.60. The normalized spacial score (nSPS) is 13.8. The van der Waals surface area contributed by atoms with Crippen molar-refractivity contribution < 1.29 is 4.74 Å². The van der Waals surface area contributed by atoms with Crippen LogP contribution in [0.15, 0.2) is 42.5 Å². The highest BCUT2D eigenvalue weighted by atomic mass is 16.5. The lowest BCUT2D eigenvalue weighted by Crippen LogP contribution is -2.23. The molecular weight excluding hydrogens is 258 g/mol. The molecule has 2 nitrogen and oxygen atoms in total. The van der Waals surface area contributed by atoms with Gasteiger partial charge in [-0.1, -0.05) is 49.4 Å². The van der Waals surface area contributed by atoms with Crippen molar-refractivity contribution in [3.63, 3.8) is 0 Å². The summed E-state index contributed by atoms with van der Waals surface area (Å²) in [6, 6.07) is 15.7. The summed E-state index contributed by atoms with van der Waals surface area (Å²) in [5.74, 6) is 0.524. The number of fused-ring (bicyclic) bond motifs is 3. The molecule has 2 heteroatoms. The van der Waals surface area contributed by atoms with E-state index in [4.69, 9.17) is 4.74 Å². The lowest BCUT2D eigenvalue weighted by atomic mass is 9.96. The molecule has 0 saturated heterocycles. The van der Waals surface area contributed by atoms with Crippen LogP contribution in [-0.2, 0) is 11.2 Å². The molecule has 0 heterocycles. The van der Waals surface area contributed by atoms with E-state index in [-0.39, 0.29) is 0 Å². The Balaban J connectivity index is 1.71. The van der Waals surface area contributed by atoms with Gasteiger partial charge in [-0.2, -0.15) is 0 Å². The Morgan fingerprint density at radius 2 is 1.90 bits per heavy atom. The summed E-state index contributed by atoms with van der Waals surface area (Å²) in [4.78, 5) is 0. The standard InChI is InChI=1S/C19H23NO/c1-14(13-20-9-10-21-2)15-7-8-19-17(11-15)12-16-5-3-4-6-18(16)19/h3-8,11,14,20H,9-10,12-13H2,1-2H3. The summed E-state index contributed by atoms with van der Waals surface area (Å²) < 4.78 is 5.06. The molecule has 0 aromatic heterocycles. The van der Waals surface area contributed by atoms with Gasteiger partial charge in [0.15, 0.2) is 0 Å². The third-order valence-electron chi connectivity index (χ3n) is 4.32. The number of benzene rings is 2. The summed E-state index contributed by atoms with van der Waals surface area (Å²) in [7, 11) is 1.74. The first kappa shape index (κ1) is 14.3.